The minimum atomic E-state index is 0. The van der Waals surface area contributed by atoms with Crippen molar-refractivity contribution < 1.29 is 9.53 Å². The van der Waals surface area contributed by atoms with Gasteiger partial charge in [-0.25, -0.2) is 0 Å². The number of hydrogen-bond donors (Lipinski definition) is 3. The van der Waals surface area contributed by atoms with Crippen LogP contribution in [-0.4, -0.2) is 31.6 Å². The molecule has 1 aliphatic carbocycles. The van der Waals surface area contributed by atoms with Crippen LogP contribution in [0.2, 0.25) is 5.02 Å². The Bertz CT molecular complexity index is 592. The van der Waals surface area contributed by atoms with Gasteiger partial charge in [-0.3, -0.25) is 9.79 Å². The van der Waals surface area contributed by atoms with Gasteiger partial charge in [-0.2, -0.15) is 0 Å². The number of benzene rings is 1. The summed E-state index contributed by atoms with van der Waals surface area (Å²) in [5.74, 6) is 0.879. The fourth-order valence-electron chi connectivity index (χ4n) is 2.76. The molecule has 0 aliphatic heterocycles. The minimum absolute atomic E-state index is 0. The van der Waals surface area contributed by atoms with Crippen molar-refractivity contribution in [2.24, 2.45) is 10.7 Å². The van der Waals surface area contributed by atoms with E-state index >= 15 is 0 Å². The van der Waals surface area contributed by atoms with Crippen LogP contribution in [-0.2, 0) is 4.79 Å². The number of hydrogen-bond acceptors (Lipinski definition) is 3. The second kappa shape index (κ2) is 11.4. The number of nitrogens with zero attached hydrogens (tertiary/aromatic N) is 1. The third-order valence-electron chi connectivity index (χ3n) is 4.02. The molecule has 8 heteroatoms. The van der Waals surface area contributed by atoms with Gasteiger partial charge in [-0.1, -0.05) is 30.9 Å². The molecule has 0 radical (unpaired) electrons. The molecule has 0 saturated heterocycles. The summed E-state index contributed by atoms with van der Waals surface area (Å²) in [7, 11) is 1.56. The molecule has 0 unspecified atom stereocenters. The number of amides is 1. The Labute approximate surface area is 170 Å². The highest BCUT2D eigenvalue weighted by Crippen LogP contribution is 2.27. The Kier molecular flexibility index (Phi) is 9.96. The monoisotopic (exact) mass is 480 g/mol. The first-order valence-electron chi connectivity index (χ1n) is 8.28. The summed E-state index contributed by atoms with van der Waals surface area (Å²) < 4.78 is 5.09. The van der Waals surface area contributed by atoms with E-state index in [2.05, 4.69) is 15.6 Å². The molecule has 1 aromatic rings. The van der Waals surface area contributed by atoms with Crippen molar-refractivity contribution in [2.75, 3.05) is 19.0 Å². The number of carbonyl (C=O) groups excluding carboxylic acids is 1. The number of aliphatic imine (C=N–C) groups is 1. The van der Waals surface area contributed by atoms with Crippen molar-refractivity contribution in [3.63, 3.8) is 0 Å². The molecule has 4 N–H and O–H groups in total. The molecule has 0 bridgehead atoms. The van der Waals surface area contributed by atoms with E-state index in [1.807, 2.05) is 0 Å². The van der Waals surface area contributed by atoms with Crippen LogP contribution < -0.4 is 21.1 Å². The topological polar surface area (TPSA) is 88.7 Å². The van der Waals surface area contributed by atoms with E-state index in [0.29, 0.717) is 35.5 Å². The van der Waals surface area contributed by atoms with Crippen LogP contribution in [0.5, 0.6) is 5.75 Å². The molecule has 0 heterocycles. The Morgan fingerprint density at radius 1 is 1.36 bits per heavy atom. The highest BCUT2D eigenvalue weighted by molar-refractivity contribution is 14.0. The molecule has 1 aliphatic rings. The number of nitrogens with two attached hydrogens (primary N) is 1. The van der Waals surface area contributed by atoms with Gasteiger partial charge < -0.3 is 21.1 Å². The summed E-state index contributed by atoms with van der Waals surface area (Å²) in [6.07, 6.45) is 6.17. The van der Waals surface area contributed by atoms with E-state index in [-0.39, 0.29) is 35.8 Å². The summed E-state index contributed by atoms with van der Waals surface area (Å²) in [5.41, 5.74) is 6.55. The molecule has 0 spiro atoms. The quantitative estimate of drug-likeness (QED) is 0.330. The summed E-state index contributed by atoms with van der Waals surface area (Å²) in [4.78, 5) is 16.1. The fraction of sp³-hybridized carbons (Fsp3) is 0.529. The van der Waals surface area contributed by atoms with E-state index in [1.165, 1.54) is 19.3 Å². The predicted octanol–water partition coefficient (Wildman–Crippen LogP) is 3.53. The first-order chi connectivity index (χ1) is 11.6. The fourth-order valence-corrected chi connectivity index (χ4v) is 3.01. The number of methoxy groups -OCH3 is 1. The zero-order chi connectivity index (χ0) is 17.4. The molecule has 1 amide bonds. The van der Waals surface area contributed by atoms with E-state index < -0.39 is 0 Å². The first kappa shape index (κ1) is 21.8. The SMILES string of the molecule is COc1ccc(NC(N)=NCCC(=O)NC2CCCCC2)cc1Cl.I. The lowest BCUT2D eigenvalue weighted by molar-refractivity contribution is -0.121. The number of carbonyl (C=O) groups is 1. The van der Waals surface area contributed by atoms with E-state index in [4.69, 9.17) is 22.1 Å². The van der Waals surface area contributed by atoms with Gasteiger partial charge in [-0.05, 0) is 31.0 Å². The summed E-state index contributed by atoms with van der Waals surface area (Å²) in [6, 6.07) is 5.57. The first-order valence-corrected chi connectivity index (χ1v) is 8.66. The van der Waals surface area contributed by atoms with Crippen molar-refractivity contribution >= 4 is 53.1 Å². The maximum atomic E-state index is 11.9. The van der Waals surface area contributed by atoms with Crippen LogP contribution in [0.4, 0.5) is 5.69 Å². The zero-order valence-corrected chi connectivity index (χ0v) is 17.5. The standard InChI is InChI=1S/C17H25ClN4O2.HI/c1-24-15-8-7-13(11-14(15)18)22-17(19)20-10-9-16(23)21-12-5-3-2-4-6-12;/h7-8,11-12H,2-6,9-10H2,1H3,(H,21,23)(H3,19,20,22);1H. The van der Waals surface area contributed by atoms with Crippen molar-refractivity contribution in [1.29, 1.82) is 0 Å². The van der Waals surface area contributed by atoms with Gasteiger partial charge in [0, 0.05) is 18.2 Å². The summed E-state index contributed by atoms with van der Waals surface area (Å²) >= 11 is 6.05. The normalized spacial score (nSPS) is 15.2. The Morgan fingerprint density at radius 2 is 2.08 bits per heavy atom. The van der Waals surface area contributed by atoms with Gasteiger partial charge in [0.05, 0.1) is 18.7 Å². The molecular formula is C17H26ClIN4O2. The number of ether oxygens (including phenoxy) is 1. The third kappa shape index (κ3) is 7.68. The van der Waals surface area contributed by atoms with Gasteiger partial charge in [0.2, 0.25) is 5.91 Å². The molecule has 25 heavy (non-hydrogen) atoms. The second-order valence-corrected chi connectivity index (χ2v) is 6.30. The van der Waals surface area contributed by atoms with Crippen molar-refractivity contribution in [1.82, 2.24) is 5.32 Å². The largest absolute Gasteiger partial charge is 0.495 e. The van der Waals surface area contributed by atoms with Crippen molar-refractivity contribution in [3.8, 4) is 5.75 Å². The third-order valence-corrected chi connectivity index (χ3v) is 4.31. The average molecular weight is 481 g/mol. The van der Waals surface area contributed by atoms with Crippen LogP contribution in [0.25, 0.3) is 0 Å². The average Bonchev–Trinajstić information content (AvgIpc) is 2.56. The molecular weight excluding hydrogens is 455 g/mol. The maximum absolute atomic E-state index is 11.9. The number of halogens is 2. The van der Waals surface area contributed by atoms with Gasteiger partial charge in [0.15, 0.2) is 5.96 Å². The smallest absolute Gasteiger partial charge is 0.222 e. The second-order valence-electron chi connectivity index (χ2n) is 5.89. The Hall–Kier alpha value is -1.22. The Morgan fingerprint density at radius 3 is 2.72 bits per heavy atom. The number of nitrogens with one attached hydrogen (secondary N) is 2. The van der Waals surface area contributed by atoms with Crippen LogP contribution in [0.15, 0.2) is 23.2 Å². The highest BCUT2D eigenvalue weighted by atomic mass is 127. The maximum Gasteiger partial charge on any atom is 0.222 e. The summed E-state index contributed by atoms with van der Waals surface area (Å²) in [6.45, 7) is 0.348. The van der Waals surface area contributed by atoms with E-state index in [0.717, 1.165) is 12.8 Å². The molecule has 1 fully saturated rings. The lowest BCUT2D eigenvalue weighted by atomic mass is 9.95. The van der Waals surface area contributed by atoms with Gasteiger partial charge in [0.1, 0.15) is 5.75 Å². The van der Waals surface area contributed by atoms with Gasteiger partial charge in [-0.15, -0.1) is 24.0 Å². The molecule has 2 rings (SSSR count). The van der Waals surface area contributed by atoms with Crippen LogP contribution in [0.3, 0.4) is 0 Å². The van der Waals surface area contributed by atoms with Crippen LogP contribution in [0, 0.1) is 0 Å². The highest BCUT2D eigenvalue weighted by Gasteiger charge is 2.15. The molecule has 140 valence electrons. The molecule has 1 saturated carbocycles. The van der Waals surface area contributed by atoms with E-state index in [1.54, 1.807) is 25.3 Å². The van der Waals surface area contributed by atoms with Crippen LogP contribution >= 0.6 is 35.6 Å². The van der Waals surface area contributed by atoms with Gasteiger partial charge in [0.25, 0.3) is 0 Å². The lowest BCUT2D eigenvalue weighted by Crippen LogP contribution is -2.36. The van der Waals surface area contributed by atoms with Crippen molar-refractivity contribution in [3.05, 3.63) is 23.2 Å². The zero-order valence-electron chi connectivity index (χ0n) is 14.4. The van der Waals surface area contributed by atoms with Crippen LogP contribution in [0.1, 0.15) is 38.5 Å². The number of anilines is 1. The molecule has 0 atom stereocenters. The minimum Gasteiger partial charge on any atom is -0.495 e. The lowest BCUT2D eigenvalue weighted by Gasteiger charge is -2.22. The van der Waals surface area contributed by atoms with Crippen molar-refractivity contribution in [2.45, 2.75) is 44.6 Å². The van der Waals surface area contributed by atoms with Gasteiger partial charge >= 0.3 is 0 Å². The predicted molar refractivity (Wildman–Crippen MR) is 113 cm³/mol. The molecule has 0 aromatic heterocycles. The molecule has 6 nitrogen and oxygen atoms in total. The Balaban J connectivity index is 0.00000312. The molecule has 1 aromatic carbocycles. The number of rotatable bonds is 6. The van der Waals surface area contributed by atoms with E-state index in [9.17, 15) is 4.79 Å². The summed E-state index contributed by atoms with van der Waals surface area (Å²) in [5, 5.41) is 6.49. The number of guanidine groups is 1.